The molecule has 0 saturated carbocycles. The first kappa shape index (κ1) is 12.9. The summed E-state index contributed by atoms with van der Waals surface area (Å²) in [5.41, 5.74) is 6.32. The zero-order chi connectivity index (χ0) is 13.3. The average Bonchev–Trinajstić information content (AvgIpc) is 2.35. The molecule has 0 spiro atoms. The molecule has 0 saturated heterocycles. The Balaban J connectivity index is 2.64. The first-order valence-corrected chi connectivity index (χ1v) is 5.54. The lowest BCUT2D eigenvalue weighted by molar-refractivity contribution is 0.509. The molecule has 0 aliphatic rings. The standard InChI is InChI=1S/C13H9ClF3N/c14-10-5-13(17)12(16)4-8(10)9-3-7(6-18)1-2-11(9)15/h1-5H,6,18H2. The van der Waals surface area contributed by atoms with Crippen LogP contribution in [-0.2, 0) is 6.54 Å². The van der Waals surface area contributed by atoms with Crippen LogP contribution < -0.4 is 5.73 Å². The molecule has 0 fully saturated rings. The van der Waals surface area contributed by atoms with Crippen molar-refractivity contribution >= 4 is 11.6 Å². The molecule has 2 aromatic carbocycles. The van der Waals surface area contributed by atoms with Crippen molar-refractivity contribution in [3.05, 3.63) is 58.4 Å². The molecule has 18 heavy (non-hydrogen) atoms. The van der Waals surface area contributed by atoms with Crippen LogP contribution in [0.3, 0.4) is 0 Å². The Bertz CT molecular complexity index is 599. The minimum absolute atomic E-state index is 0.0537. The topological polar surface area (TPSA) is 26.0 Å². The van der Waals surface area contributed by atoms with E-state index in [2.05, 4.69) is 0 Å². The Labute approximate surface area is 107 Å². The summed E-state index contributed by atoms with van der Waals surface area (Å²) >= 11 is 5.80. The highest BCUT2D eigenvalue weighted by atomic mass is 35.5. The van der Waals surface area contributed by atoms with E-state index in [0.717, 1.165) is 12.1 Å². The van der Waals surface area contributed by atoms with Gasteiger partial charge in [-0.2, -0.15) is 0 Å². The third-order valence-corrected chi connectivity index (χ3v) is 2.88. The summed E-state index contributed by atoms with van der Waals surface area (Å²) in [4.78, 5) is 0. The summed E-state index contributed by atoms with van der Waals surface area (Å²) in [7, 11) is 0. The third kappa shape index (κ3) is 2.35. The molecule has 0 aromatic heterocycles. The molecule has 2 N–H and O–H groups in total. The van der Waals surface area contributed by atoms with Crippen molar-refractivity contribution in [3.63, 3.8) is 0 Å². The molecule has 0 unspecified atom stereocenters. The predicted molar refractivity (Wildman–Crippen MR) is 64.7 cm³/mol. The van der Waals surface area contributed by atoms with Gasteiger partial charge in [0.1, 0.15) is 5.82 Å². The van der Waals surface area contributed by atoms with Crippen molar-refractivity contribution in [2.45, 2.75) is 6.54 Å². The van der Waals surface area contributed by atoms with Crippen LogP contribution in [-0.4, -0.2) is 0 Å². The van der Waals surface area contributed by atoms with Gasteiger partial charge in [0.2, 0.25) is 0 Å². The molecule has 1 nitrogen and oxygen atoms in total. The highest BCUT2D eigenvalue weighted by Gasteiger charge is 2.13. The van der Waals surface area contributed by atoms with Crippen LogP contribution >= 0.6 is 11.6 Å². The Morgan fingerprint density at radius 3 is 2.22 bits per heavy atom. The van der Waals surface area contributed by atoms with E-state index in [-0.39, 0.29) is 22.7 Å². The minimum atomic E-state index is -1.08. The summed E-state index contributed by atoms with van der Waals surface area (Å²) in [5, 5.41) is -0.0537. The molecule has 2 rings (SSSR count). The monoisotopic (exact) mass is 271 g/mol. The van der Waals surface area contributed by atoms with Gasteiger partial charge in [0.25, 0.3) is 0 Å². The Morgan fingerprint density at radius 1 is 0.889 bits per heavy atom. The van der Waals surface area contributed by atoms with Gasteiger partial charge in [0.05, 0.1) is 5.02 Å². The lowest BCUT2D eigenvalue weighted by atomic mass is 10.0. The SMILES string of the molecule is NCc1ccc(F)c(-c2cc(F)c(F)cc2Cl)c1. The maximum Gasteiger partial charge on any atom is 0.160 e. The maximum atomic E-state index is 13.7. The Morgan fingerprint density at radius 2 is 1.56 bits per heavy atom. The smallest absolute Gasteiger partial charge is 0.160 e. The van der Waals surface area contributed by atoms with E-state index in [9.17, 15) is 13.2 Å². The minimum Gasteiger partial charge on any atom is -0.326 e. The van der Waals surface area contributed by atoms with Gasteiger partial charge in [0, 0.05) is 17.7 Å². The molecule has 5 heteroatoms. The van der Waals surface area contributed by atoms with Crippen LogP contribution in [0.25, 0.3) is 11.1 Å². The second-order valence-corrected chi connectivity index (χ2v) is 4.17. The Kier molecular flexibility index (Phi) is 3.59. The zero-order valence-electron chi connectivity index (χ0n) is 9.18. The second kappa shape index (κ2) is 5.00. The fourth-order valence-electron chi connectivity index (χ4n) is 1.63. The molecule has 94 valence electrons. The van der Waals surface area contributed by atoms with E-state index in [1.165, 1.54) is 18.2 Å². The number of hydrogen-bond donors (Lipinski definition) is 1. The molecule has 0 bridgehead atoms. The van der Waals surface area contributed by atoms with Gasteiger partial charge >= 0.3 is 0 Å². The van der Waals surface area contributed by atoms with Gasteiger partial charge in [-0.3, -0.25) is 0 Å². The van der Waals surface area contributed by atoms with Crippen molar-refractivity contribution in [2.24, 2.45) is 5.73 Å². The van der Waals surface area contributed by atoms with Crippen LogP contribution in [0.15, 0.2) is 30.3 Å². The van der Waals surface area contributed by atoms with Crippen molar-refractivity contribution in [2.75, 3.05) is 0 Å². The van der Waals surface area contributed by atoms with E-state index in [0.29, 0.717) is 5.56 Å². The summed E-state index contributed by atoms with van der Waals surface area (Å²) in [6.45, 7) is 0.217. The number of rotatable bonds is 2. The molecule has 0 atom stereocenters. The highest BCUT2D eigenvalue weighted by Crippen LogP contribution is 2.32. The van der Waals surface area contributed by atoms with Crippen LogP contribution in [0.2, 0.25) is 5.02 Å². The molecule has 0 aliphatic carbocycles. The summed E-state index contributed by atoms with van der Waals surface area (Å²) in [6, 6.07) is 5.90. The zero-order valence-corrected chi connectivity index (χ0v) is 9.94. The third-order valence-electron chi connectivity index (χ3n) is 2.57. The van der Waals surface area contributed by atoms with Gasteiger partial charge < -0.3 is 5.73 Å². The molecular weight excluding hydrogens is 263 g/mol. The highest BCUT2D eigenvalue weighted by molar-refractivity contribution is 6.33. The summed E-state index contributed by atoms with van der Waals surface area (Å²) in [5.74, 6) is -2.72. The van der Waals surface area contributed by atoms with Crippen LogP contribution in [0, 0.1) is 17.5 Å². The quantitative estimate of drug-likeness (QED) is 0.824. The Hall–Kier alpha value is -1.52. The average molecular weight is 272 g/mol. The fraction of sp³-hybridized carbons (Fsp3) is 0.0769. The first-order valence-electron chi connectivity index (χ1n) is 5.16. The number of halogens is 4. The molecular formula is C13H9ClF3N. The van der Waals surface area contributed by atoms with E-state index < -0.39 is 17.5 Å². The molecule has 2 aromatic rings. The maximum absolute atomic E-state index is 13.7. The van der Waals surface area contributed by atoms with E-state index >= 15 is 0 Å². The van der Waals surface area contributed by atoms with Crippen LogP contribution in [0.4, 0.5) is 13.2 Å². The predicted octanol–water partition coefficient (Wildman–Crippen LogP) is 3.88. The van der Waals surface area contributed by atoms with Crippen molar-refractivity contribution < 1.29 is 13.2 Å². The van der Waals surface area contributed by atoms with E-state index in [4.69, 9.17) is 17.3 Å². The van der Waals surface area contributed by atoms with Crippen molar-refractivity contribution in [3.8, 4) is 11.1 Å². The number of hydrogen-bond acceptors (Lipinski definition) is 1. The fourth-order valence-corrected chi connectivity index (χ4v) is 1.89. The normalized spacial score (nSPS) is 10.7. The van der Waals surface area contributed by atoms with Gasteiger partial charge in [-0.25, -0.2) is 13.2 Å². The lowest BCUT2D eigenvalue weighted by Gasteiger charge is -2.08. The number of nitrogens with two attached hydrogens (primary N) is 1. The summed E-state index contributed by atoms with van der Waals surface area (Å²) < 4.78 is 39.8. The summed E-state index contributed by atoms with van der Waals surface area (Å²) in [6.07, 6.45) is 0. The van der Waals surface area contributed by atoms with Gasteiger partial charge in [0.15, 0.2) is 11.6 Å². The number of benzene rings is 2. The van der Waals surface area contributed by atoms with Crippen molar-refractivity contribution in [1.29, 1.82) is 0 Å². The lowest BCUT2D eigenvalue weighted by Crippen LogP contribution is -1.98. The second-order valence-electron chi connectivity index (χ2n) is 3.76. The van der Waals surface area contributed by atoms with Crippen molar-refractivity contribution in [1.82, 2.24) is 0 Å². The van der Waals surface area contributed by atoms with Crippen LogP contribution in [0.5, 0.6) is 0 Å². The molecule has 0 aliphatic heterocycles. The van der Waals surface area contributed by atoms with Gasteiger partial charge in [-0.05, 0) is 29.8 Å². The van der Waals surface area contributed by atoms with E-state index in [1.54, 1.807) is 0 Å². The van der Waals surface area contributed by atoms with Gasteiger partial charge in [-0.1, -0.05) is 17.7 Å². The first-order chi connectivity index (χ1) is 8.52. The molecule has 0 amide bonds. The van der Waals surface area contributed by atoms with Gasteiger partial charge in [-0.15, -0.1) is 0 Å². The molecule has 0 radical (unpaired) electrons. The largest absolute Gasteiger partial charge is 0.326 e. The molecule has 0 heterocycles. The van der Waals surface area contributed by atoms with E-state index in [1.807, 2.05) is 0 Å². The van der Waals surface area contributed by atoms with Crippen LogP contribution in [0.1, 0.15) is 5.56 Å².